The molecule has 2 aliphatic rings. The van der Waals surface area contributed by atoms with Gasteiger partial charge in [0, 0.05) is 12.6 Å². The van der Waals surface area contributed by atoms with Gasteiger partial charge in [0.05, 0.1) is 0 Å². The third-order valence-corrected chi connectivity index (χ3v) is 3.65. The maximum absolute atomic E-state index is 3.59. The second-order valence-electron chi connectivity index (χ2n) is 4.96. The first-order chi connectivity index (χ1) is 7.93. The van der Waals surface area contributed by atoms with E-state index in [9.17, 15) is 0 Å². The Morgan fingerprint density at radius 1 is 1.31 bits per heavy atom. The minimum atomic E-state index is 0.831. The van der Waals surface area contributed by atoms with Gasteiger partial charge in [0.1, 0.15) is 0 Å². The number of nitrogens with one attached hydrogen (secondary N) is 2. The predicted molar refractivity (Wildman–Crippen MR) is 66.6 cm³/mol. The van der Waals surface area contributed by atoms with Gasteiger partial charge < -0.3 is 10.6 Å². The van der Waals surface area contributed by atoms with Crippen molar-refractivity contribution in [3.05, 3.63) is 34.9 Å². The Kier molecular flexibility index (Phi) is 2.94. The monoisotopic (exact) mass is 216 g/mol. The van der Waals surface area contributed by atoms with Gasteiger partial charge in [-0.2, -0.15) is 0 Å². The van der Waals surface area contributed by atoms with E-state index in [-0.39, 0.29) is 0 Å². The van der Waals surface area contributed by atoms with Crippen LogP contribution >= 0.6 is 0 Å². The van der Waals surface area contributed by atoms with Crippen molar-refractivity contribution in [2.45, 2.75) is 38.3 Å². The summed E-state index contributed by atoms with van der Waals surface area (Å²) < 4.78 is 0. The highest BCUT2D eigenvalue weighted by Crippen LogP contribution is 2.20. The normalized spacial score (nSPS) is 19.5. The van der Waals surface area contributed by atoms with Crippen LogP contribution in [0.5, 0.6) is 0 Å². The number of fused-ring (bicyclic) bond motifs is 1. The SMILES string of the molecule is c1cc2c(c(CCNC3CC3)c1)CNCC2. The van der Waals surface area contributed by atoms with Crippen LogP contribution in [-0.4, -0.2) is 19.1 Å². The zero-order valence-corrected chi connectivity index (χ0v) is 9.76. The van der Waals surface area contributed by atoms with E-state index in [4.69, 9.17) is 0 Å². The lowest BCUT2D eigenvalue weighted by molar-refractivity contribution is 0.628. The highest BCUT2D eigenvalue weighted by Gasteiger charge is 2.20. The largest absolute Gasteiger partial charge is 0.314 e. The second-order valence-corrected chi connectivity index (χ2v) is 4.96. The van der Waals surface area contributed by atoms with Crippen LogP contribution in [0.3, 0.4) is 0 Å². The summed E-state index contributed by atoms with van der Waals surface area (Å²) in [5.41, 5.74) is 4.66. The summed E-state index contributed by atoms with van der Waals surface area (Å²) in [6.07, 6.45) is 5.14. The van der Waals surface area contributed by atoms with Gasteiger partial charge in [-0.25, -0.2) is 0 Å². The number of hydrogen-bond acceptors (Lipinski definition) is 2. The van der Waals surface area contributed by atoms with E-state index in [1.807, 2.05) is 0 Å². The Bertz CT molecular complexity index is 369. The molecule has 1 fully saturated rings. The van der Waals surface area contributed by atoms with E-state index >= 15 is 0 Å². The molecular formula is C14H20N2. The molecule has 86 valence electrons. The molecule has 1 aliphatic heterocycles. The van der Waals surface area contributed by atoms with Gasteiger partial charge in [0.15, 0.2) is 0 Å². The molecule has 16 heavy (non-hydrogen) atoms. The first-order valence-corrected chi connectivity index (χ1v) is 6.47. The molecule has 0 aromatic heterocycles. The lowest BCUT2D eigenvalue weighted by atomic mass is 9.94. The maximum Gasteiger partial charge on any atom is 0.0211 e. The predicted octanol–water partition coefficient (Wildman–Crippen LogP) is 1.63. The molecule has 1 aromatic rings. The van der Waals surface area contributed by atoms with Crippen molar-refractivity contribution in [3.63, 3.8) is 0 Å². The minimum Gasteiger partial charge on any atom is -0.314 e. The summed E-state index contributed by atoms with van der Waals surface area (Å²) in [4.78, 5) is 0. The first-order valence-electron chi connectivity index (χ1n) is 6.47. The van der Waals surface area contributed by atoms with Gasteiger partial charge in [-0.1, -0.05) is 18.2 Å². The van der Waals surface area contributed by atoms with Gasteiger partial charge >= 0.3 is 0 Å². The quantitative estimate of drug-likeness (QED) is 0.799. The van der Waals surface area contributed by atoms with Gasteiger partial charge in [-0.05, 0) is 55.5 Å². The standard InChI is InChI=1S/C14H20N2/c1-2-11-6-8-15-10-14(11)12(3-1)7-9-16-13-4-5-13/h1-3,13,15-16H,4-10H2. The van der Waals surface area contributed by atoms with Crippen LogP contribution in [0.2, 0.25) is 0 Å². The molecule has 0 spiro atoms. The van der Waals surface area contributed by atoms with E-state index in [1.54, 1.807) is 11.1 Å². The van der Waals surface area contributed by atoms with Gasteiger partial charge in [0.25, 0.3) is 0 Å². The molecule has 2 N–H and O–H groups in total. The van der Waals surface area contributed by atoms with E-state index in [0.29, 0.717) is 0 Å². The molecule has 0 bridgehead atoms. The molecule has 0 unspecified atom stereocenters. The molecule has 2 heteroatoms. The van der Waals surface area contributed by atoms with E-state index in [0.717, 1.165) is 25.7 Å². The Morgan fingerprint density at radius 2 is 2.25 bits per heavy atom. The van der Waals surface area contributed by atoms with Crippen molar-refractivity contribution in [2.24, 2.45) is 0 Å². The fourth-order valence-electron chi connectivity index (χ4n) is 2.52. The van der Waals surface area contributed by atoms with Crippen LogP contribution in [0, 0.1) is 0 Å². The zero-order chi connectivity index (χ0) is 10.8. The summed E-state index contributed by atoms with van der Waals surface area (Å²) in [5, 5.41) is 7.06. The zero-order valence-electron chi connectivity index (χ0n) is 9.76. The highest BCUT2D eigenvalue weighted by molar-refractivity contribution is 5.37. The van der Waals surface area contributed by atoms with E-state index in [1.165, 1.54) is 31.2 Å². The first kappa shape index (κ1) is 10.3. The molecule has 0 saturated heterocycles. The van der Waals surface area contributed by atoms with Crippen LogP contribution in [0.4, 0.5) is 0 Å². The molecule has 1 aromatic carbocycles. The van der Waals surface area contributed by atoms with Crippen LogP contribution in [-0.2, 0) is 19.4 Å². The lowest BCUT2D eigenvalue weighted by Gasteiger charge is -2.20. The highest BCUT2D eigenvalue weighted by atomic mass is 14.9. The summed E-state index contributed by atoms with van der Waals surface area (Å²) >= 11 is 0. The fourth-order valence-corrected chi connectivity index (χ4v) is 2.52. The number of rotatable bonds is 4. The molecule has 1 heterocycles. The molecule has 2 nitrogen and oxygen atoms in total. The summed E-state index contributed by atoms with van der Waals surface area (Å²) in [6, 6.07) is 7.63. The molecule has 0 amide bonds. The fraction of sp³-hybridized carbons (Fsp3) is 0.571. The van der Waals surface area contributed by atoms with Crippen LogP contribution < -0.4 is 10.6 Å². The third kappa shape index (κ3) is 2.28. The Morgan fingerprint density at radius 3 is 3.12 bits per heavy atom. The smallest absolute Gasteiger partial charge is 0.0211 e. The molecule has 1 aliphatic carbocycles. The third-order valence-electron chi connectivity index (χ3n) is 3.65. The van der Waals surface area contributed by atoms with Crippen molar-refractivity contribution in [1.82, 2.24) is 10.6 Å². The summed E-state index contributed by atoms with van der Waals surface area (Å²) in [7, 11) is 0. The number of benzene rings is 1. The van der Waals surface area contributed by atoms with Crippen molar-refractivity contribution < 1.29 is 0 Å². The lowest BCUT2D eigenvalue weighted by Crippen LogP contribution is -2.26. The Labute approximate surface area is 97.4 Å². The van der Waals surface area contributed by atoms with Crippen molar-refractivity contribution in [1.29, 1.82) is 0 Å². The van der Waals surface area contributed by atoms with Crippen molar-refractivity contribution in [3.8, 4) is 0 Å². The summed E-state index contributed by atoms with van der Waals surface area (Å²) in [6.45, 7) is 3.34. The van der Waals surface area contributed by atoms with Crippen LogP contribution in [0.15, 0.2) is 18.2 Å². The molecule has 3 rings (SSSR count). The van der Waals surface area contributed by atoms with Crippen molar-refractivity contribution >= 4 is 0 Å². The van der Waals surface area contributed by atoms with Crippen LogP contribution in [0.25, 0.3) is 0 Å². The van der Waals surface area contributed by atoms with Crippen molar-refractivity contribution in [2.75, 3.05) is 13.1 Å². The molecule has 1 saturated carbocycles. The van der Waals surface area contributed by atoms with Crippen LogP contribution in [0.1, 0.15) is 29.5 Å². The number of hydrogen-bond donors (Lipinski definition) is 2. The maximum atomic E-state index is 3.59. The molecule has 0 atom stereocenters. The Balaban J connectivity index is 1.67. The molecular weight excluding hydrogens is 196 g/mol. The van der Waals surface area contributed by atoms with Gasteiger partial charge in [0.2, 0.25) is 0 Å². The Hall–Kier alpha value is -0.860. The van der Waals surface area contributed by atoms with Gasteiger partial charge in [-0.3, -0.25) is 0 Å². The molecule has 0 radical (unpaired) electrons. The van der Waals surface area contributed by atoms with E-state index < -0.39 is 0 Å². The minimum absolute atomic E-state index is 0.831. The summed E-state index contributed by atoms with van der Waals surface area (Å²) in [5.74, 6) is 0. The van der Waals surface area contributed by atoms with E-state index in [2.05, 4.69) is 28.8 Å². The average Bonchev–Trinajstić information content (AvgIpc) is 3.13. The topological polar surface area (TPSA) is 24.1 Å². The average molecular weight is 216 g/mol. The second kappa shape index (κ2) is 4.56. The van der Waals surface area contributed by atoms with Gasteiger partial charge in [-0.15, -0.1) is 0 Å².